The molecule has 0 aliphatic heterocycles. The minimum Gasteiger partial charge on any atom is -0.324 e. The Morgan fingerprint density at radius 2 is 1.60 bits per heavy atom. The minimum absolute atomic E-state index is 0.0824. The van der Waals surface area contributed by atoms with Crippen molar-refractivity contribution in [1.29, 1.82) is 0 Å². The molecule has 0 atom stereocenters. The molecule has 0 heterocycles. The van der Waals surface area contributed by atoms with Crippen LogP contribution in [0.25, 0.3) is 0 Å². The van der Waals surface area contributed by atoms with Gasteiger partial charge in [-0.3, -0.25) is 0 Å². The van der Waals surface area contributed by atoms with Crippen molar-refractivity contribution in [3.63, 3.8) is 0 Å². The molecule has 0 rings (SSSR count). The highest BCUT2D eigenvalue weighted by molar-refractivity contribution is 7.93. The fraction of sp³-hybridized carbons (Fsp3) is 1.00. The van der Waals surface area contributed by atoms with Crippen molar-refractivity contribution in [3.05, 3.63) is 0 Å². The molecule has 15 heavy (non-hydrogen) atoms. The lowest BCUT2D eigenvalue weighted by Crippen LogP contribution is -2.46. The fourth-order valence-electron chi connectivity index (χ4n) is 0.629. The topological polar surface area (TPSA) is 106 Å². The van der Waals surface area contributed by atoms with Gasteiger partial charge in [-0.2, -0.15) is 0 Å². The summed E-state index contributed by atoms with van der Waals surface area (Å²) in [6.07, 6.45) is 0.995. The lowest BCUT2D eigenvalue weighted by Gasteiger charge is -2.18. The van der Waals surface area contributed by atoms with Crippen molar-refractivity contribution in [3.8, 4) is 0 Å². The first-order valence-electron chi connectivity index (χ1n) is 4.35. The lowest BCUT2D eigenvalue weighted by atomic mass is 10.1. The van der Waals surface area contributed by atoms with E-state index in [0.717, 1.165) is 6.26 Å². The Balaban J connectivity index is 4.23. The van der Waals surface area contributed by atoms with Crippen LogP contribution >= 0.6 is 0 Å². The number of nitrogens with one attached hydrogen (secondary N) is 1. The molecule has 0 radical (unpaired) electrons. The summed E-state index contributed by atoms with van der Waals surface area (Å²) < 4.78 is 46.4. The lowest BCUT2D eigenvalue weighted by molar-refractivity contribution is 0.498. The second kappa shape index (κ2) is 4.77. The molecule has 0 spiro atoms. The van der Waals surface area contributed by atoms with E-state index in [1.807, 2.05) is 0 Å². The molecule has 0 aromatic heterocycles. The molecule has 92 valence electrons. The first kappa shape index (κ1) is 14.8. The zero-order chi connectivity index (χ0) is 12.3. The maximum atomic E-state index is 11.3. The average molecular weight is 258 g/mol. The van der Waals surface area contributed by atoms with Gasteiger partial charge in [0.15, 0.2) is 0 Å². The van der Waals surface area contributed by atoms with Gasteiger partial charge in [-0.25, -0.2) is 21.6 Å². The molecular formula is C7H18N2O4S2. The van der Waals surface area contributed by atoms with Crippen molar-refractivity contribution in [2.45, 2.75) is 19.4 Å². The fourth-order valence-corrected chi connectivity index (χ4v) is 3.45. The summed E-state index contributed by atoms with van der Waals surface area (Å²) in [5, 5.41) is 0. The van der Waals surface area contributed by atoms with Crippen molar-refractivity contribution >= 4 is 19.9 Å². The molecule has 6 nitrogen and oxygen atoms in total. The zero-order valence-electron chi connectivity index (χ0n) is 9.15. The van der Waals surface area contributed by atoms with Crippen LogP contribution in [0, 0.1) is 0 Å². The summed E-state index contributed by atoms with van der Waals surface area (Å²) >= 11 is 0. The van der Waals surface area contributed by atoms with Gasteiger partial charge in [-0.15, -0.1) is 0 Å². The minimum atomic E-state index is -3.56. The van der Waals surface area contributed by atoms with Crippen molar-refractivity contribution in [2.75, 3.05) is 24.3 Å². The van der Waals surface area contributed by atoms with E-state index >= 15 is 0 Å². The highest BCUT2D eigenvalue weighted by Gasteiger charge is 2.18. The van der Waals surface area contributed by atoms with Gasteiger partial charge < -0.3 is 5.73 Å². The van der Waals surface area contributed by atoms with Gasteiger partial charge in [0.1, 0.15) is 9.84 Å². The maximum Gasteiger partial charge on any atom is 0.212 e. The molecule has 0 bridgehead atoms. The van der Waals surface area contributed by atoms with E-state index in [4.69, 9.17) is 5.73 Å². The van der Waals surface area contributed by atoms with Gasteiger partial charge in [0, 0.05) is 18.3 Å². The van der Waals surface area contributed by atoms with E-state index in [1.165, 1.54) is 0 Å². The zero-order valence-corrected chi connectivity index (χ0v) is 10.8. The molecular weight excluding hydrogens is 240 g/mol. The molecule has 0 saturated heterocycles. The second-order valence-corrected chi connectivity index (χ2v) is 8.44. The Labute approximate surface area is 91.2 Å². The third-order valence-corrected chi connectivity index (χ3v) is 4.00. The van der Waals surface area contributed by atoms with Crippen LogP contribution in [0.3, 0.4) is 0 Å². The third kappa shape index (κ3) is 10.1. The number of hydrogen-bond donors (Lipinski definition) is 2. The Bertz CT molecular complexity index is 391. The van der Waals surface area contributed by atoms with E-state index in [1.54, 1.807) is 13.8 Å². The highest BCUT2D eigenvalue weighted by atomic mass is 32.2. The molecule has 0 fully saturated rings. The Kier molecular flexibility index (Phi) is 4.71. The summed E-state index contributed by atoms with van der Waals surface area (Å²) in [5.74, 6) is -0.810. The van der Waals surface area contributed by atoms with Crippen LogP contribution < -0.4 is 10.5 Å². The van der Waals surface area contributed by atoms with E-state index in [9.17, 15) is 16.8 Å². The number of hydrogen-bond acceptors (Lipinski definition) is 5. The molecule has 8 heteroatoms. The Morgan fingerprint density at radius 1 is 1.13 bits per heavy atom. The van der Waals surface area contributed by atoms with Crippen LogP contribution in [0.1, 0.15) is 13.8 Å². The first-order valence-corrected chi connectivity index (χ1v) is 8.06. The van der Waals surface area contributed by atoms with Crippen LogP contribution in [0.2, 0.25) is 0 Å². The SMILES string of the molecule is CC(C)(N)CNS(=O)(=O)CCS(C)(=O)=O. The normalized spacial score (nSPS) is 14.1. The number of rotatable bonds is 6. The van der Waals surface area contributed by atoms with Crippen LogP contribution in [-0.4, -0.2) is 46.7 Å². The molecule has 3 N–H and O–H groups in total. The highest BCUT2D eigenvalue weighted by Crippen LogP contribution is 1.96. The number of sulfone groups is 1. The van der Waals surface area contributed by atoms with Crippen LogP contribution in [0.15, 0.2) is 0 Å². The van der Waals surface area contributed by atoms with Gasteiger partial charge in [0.2, 0.25) is 10.0 Å². The van der Waals surface area contributed by atoms with Gasteiger partial charge >= 0.3 is 0 Å². The summed E-state index contributed by atoms with van der Waals surface area (Å²) in [5.41, 5.74) is 4.92. The van der Waals surface area contributed by atoms with Gasteiger partial charge in [-0.1, -0.05) is 0 Å². The van der Waals surface area contributed by atoms with E-state index in [2.05, 4.69) is 4.72 Å². The van der Waals surface area contributed by atoms with Crippen molar-refractivity contribution < 1.29 is 16.8 Å². The largest absolute Gasteiger partial charge is 0.324 e. The second-order valence-electron chi connectivity index (χ2n) is 4.26. The van der Waals surface area contributed by atoms with Crippen LogP contribution in [0.5, 0.6) is 0 Å². The molecule has 0 aliphatic carbocycles. The van der Waals surface area contributed by atoms with Gasteiger partial charge in [-0.05, 0) is 13.8 Å². The molecule has 0 unspecified atom stereocenters. The predicted octanol–water partition coefficient (Wildman–Crippen LogP) is -1.31. The average Bonchev–Trinajstić information content (AvgIpc) is 1.96. The number of sulfonamides is 1. The summed E-state index contributed by atoms with van der Waals surface area (Å²) in [6.45, 7) is 3.43. The van der Waals surface area contributed by atoms with E-state index in [0.29, 0.717) is 0 Å². The van der Waals surface area contributed by atoms with Crippen molar-refractivity contribution in [1.82, 2.24) is 4.72 Å². The Hall–Kier alpha value is -0.180. The third-order valence-electron chi connectivity index (χ3n) is 1.47. The Morgan fingerprint density at radius 3 is 1.93 bits per heavy atom. The number of nitrogens with two attached hydrogens (primary N) is 1. The predicted molar refractivity (Wildman–Crippen MR) is 59.8 cm³/mol. The van der Waals surface area contributed by atoms with Crippen LogP contribution in [0.4, 0.5) is 0 Å². The molecule has 0 saturated carbocycles. The van der Waals surface area contributed by atoms with Gasteiger partial charge in [0.25, 0.3) is 0 Å². The molecule has 0 aliphatic rings. The van der Waals surface area contributed by atoms with Gasteiger partial charge in [0.05, 0.1) is 11.5 Å². The maximum absolute atomic E-state index is 11.3. The van der Waals surface area contributed by atoms with Crippen LogP contribution in [-0.2, 0) is 19.9 Å². The standard InChI is InChI=1S/C7H18N2O4S2/c1-7(2,8)6-9-15(12,13)5-4-14(3,10)11/h9H,4-6,8H2,1-3H3. The van der Waals surface area contributed by atoms with E-state index < -0.39 is 31.2 Å². The smallest absolute Gasteiger partial charge is 0.212 e. The monoisotopic (exact) mass is 258 g/mol. The quantitative estimate of drug-likeness (QED) is 0.615. The van der Waals surface area contributed by atoms with E-state index in [-0.39, 0.29) is 12.3 Å². The van der Waals surface area contributed by atoms with Crippen molar-refractivity contribution in [2.24, 2.45) is 5.73 Å². The summed E-state index contributed by atoms with van der Waals surface area (Å²) in [6, 6.07) is 0. The molecule has 0 aromatic carbocycles. The molecule has 0 amide bonds. The first-order chi connectivity index (χ1) is 6.41. The molecule has 0 aromatic rings. The summed E-state index contributed by atoms with van der Waals surface area (Å²) in [4.78, 5) is 0. The summed E-state index contributed by atoms with van der Waals surface area (Å²) in [7, 11) is -6.82.